The van der Waals surface area contributed by atoms with E-state index in [-0.39, 0.29) is 0 Å². The molecule has 0 amide bonds. The average molecular weight is 241 g/mol. The molecular weight excluding hydrogens is 228 g/mol. The Balaban J connectivity index is 2.14. The summed E-state index contributed by atoms with van der Waals surface area (Å²) in [7, 11) is 0. The fourth-order valence-electron chi connectivity index (χ4n) is 1.75. The Morgan fingerprint density at radius 2 is 2.46 bits per heavy atom. The molecule has 1 fully saturated rings. The molecule has 1 atom stereocenters. The van der Waals surface area contributed by atoms with Crippen molar-refractivity contribution in [2.75, 3.05) is 13.1 Å². The molecule has 0 bridgehead atoms. The van der Waals surface area contributed by atoms with Crippen molar-refractivity contribution in [3.8, 4) is 0 Å². The summed E-state index contributed by atoms with van der Waals surface area (Å²) < 4.78 is 1.13. The van der Waals surface area contributed by atoms with Crippen LogP contribution in [0.1, 0.15) is 24.5 Å². The number of nitrogens with one attached hydrogen (secondary N) is 1. The van der Waals surface area contributed by atoms with Gasteiger partial charge < -0.3 is 5.32 Å². The van der Waals surface area contributed by atoms with Crippen LogP contribution in [0.15, 0.2) is 22.8 Å². The van der Waals surface area contributed by atoms with Crippen LogP contribution < -0.4 is 5.32 Å². The van der Waals surface area contributed by atoms with Crippen LogP contribution in [0.5, 0.6) is 0 Å². The average Bonchev–Trinajstić information content (AvgIpc) is 2.19. The summed E-state index contributed by atoms with van der Waals surface area (Å²) in [6.45, 7) is 2.23. The smallest absolute Gasteiger partial charge is 0.0458 e. The Bertz CT molecular complexity index is 282. The molecule has 2 heterocycles. The molecule has 1 aliphatic rings. The molecule has 1 saturated heterocycles. The van der Waals surface area contributed by atoms with E-state index in [1.54, 1.807) is 0 Å². The molecule has 1 unspecified atom stereocenters. The Labute approximate surface area is 86.9 Å². The number of halogens is 1. The third-order valence-electron chi connectivity index (χ3n) is 2.46. The van der Waals surface area contributed by atoms with E-state index >= 15 is 0 Å². The van der Waals surface area contributed by atoms with Crippen molar-refractivity contribution >= 4 is 15.9 Å². The van der Waals surface area contributed by atoms with E-state index in [1.165, 1.54) is 18.5 Å². The number of rotatable bonds is 1. The van der Waals surface area contributed by atoms with Crippen LogP contribution in [0.4, 0.5) is 0 Å². The molecule has 1 aromatic heterocycles. The molecule has 1 aromatic rings. The van der Waals surface area contributed by atoms with Gasteiger partial charge in [-0.15, -0.1) is 0 Å². The molecule has 3 heteroatoms. The highest BCUT2D eigenvalue weighted by Gasteiger charge is 2.15. The highest BCUT2D eigenvalue weighted by atomic mass is 79.9. The van der Waals surface area contributed by atoms with Gasteiger partial charge in [0.15, 0.2) is 0 Å². The van der Waals surface area contributed by atoms with E-state index in [0.29, 0.717) is 5.92 Å². The highest BCUT2D eigenvalue weighted by molar-refractivity contribution is 9.10. The van der Waals surface area contributed by atoms with Gasteiger partial charge in [-0.1, -0.05) is 15.9 Å². The van der Waals surface area contributed by atoms with Gasteiger partial charge in [0.1, 0.15) is 0 Å². The molecule has 0 spiro atoms. The van der Waals surface area contributed by atoms with Crippen LogP contribution in [0, 0.1) is 0 Å². The molecule has 0 aromatic carbocycles. The summed E-state index contributed by atoms with van der Waals surface area (Å²) in [6, 6.07) is 4.09. The summed E-state index contributed by atoms with van der Waals surface area (Å²) in [5.74, 6) is 0.603. The molecule has 2 rings (SSSR count). The van der Waals surface area contributed by atoms with Gasteiger partial charge >= 0.3 is 0 Å². The largest absolute Gasteiger partial charge is 0.316 e. The Morgan fingerprint density at radius 1 is 1.54 bits per heavy atom. The van der Waals surface area contributed by atoms with E-state index in [1.807, 2.05) is 12.3 Å². The highest BCUT2D eigenvalue weighted by Crippen LogP contribution is 2.23. The topological polar surface area (TPSA) is 24.9 Å². The van der Waals surface area contributed by atoms with Crippen LogP contribution in [0.25, 0.3) is 0 Å². The van der Waals surface area contributed by atoms with Crippen molar-refractivity contribution in [3.05, 3.63) is 28.5 Å². The van der Waals surface area contributed by atoms with Crippen LogP contribution in [-0.4, -0.2) is 18.1 Å². The minimum Gasteiger partial charge on any atom is -0.316 e. The standard InChI is InChI=1S/C10H13BrN2/c11-9-3-5-13-10(6-9)8-2-1-4-12-7-8/h3,5-6,8,12H,1-2,4,7H2. The van der Waals surface area contributed by atoms with Crippen LogP contribution in [0.3, 0.4) is 0 Å². The lowest BCUT2D eigenvalue weighted by molar-refractivity contribution is 0.454. The lowest BCUT2D eigenvalue weighted by Crippen LogP contribution is -2.28. The number of piperidine rings is 1. The molecule has 0 saturated carbocycles. The first-order valence-corrected chi connectivity index (χ1v) is 5.48. The molecule has 1 N–H and O–H groups in total. The zero-order valence-corrected chi connectivity index (χ0v) is 9.05. The summed E-state index contributed by atoms with van der Waals surface area (Å²) in [4.78, 5) is 4.39. The second kappa shape index (κ2) is 4.20. The van der Waals surface area contributed by atoms with Gasteiger partial charge in [-0.2, -0.15) is 0 Å². The van der Waals surface area contributed by atoms with Crippen molar-refractivity contribution in [2.24, 2.45) is 0 Å². The van der Waals surface area contributed by atoms with Crippen molar-refractivity contribution in [1.29, 1.82) is 0 Å². The van der Waals surface area contributed by atoms with E-state index < -0.39 is 0 Å². The van der Waals surface area contributed by atoms with Gasteiger partial charge in [0.05, 0.1) is 0 Å². The van der Waals surface area contributed by atoms with Gasteiger partial charge in [-0.25, -0.2) is 0 Å². The molecule has 70 valence electrons. The zero-order chi connectivity index (χ0) is 9.10. The fourth-order valence-corrected chi connectivity index (χ4v) is 2.10. The molecule has 13 heavy (non-hydrogen) atoms. The maximum Gasteiger partial charge on any atom is 0.0458 e. The number of nitrogens with zero attached hydrogens (tertiary/aromatic N) is 1. The maximum absolute atomic E-state index is 4.39. The minimum atomic E-state index is 0.603. The molecular formula is C10H13BrN2. The van der Waals surface area contributed by atoms with Crippen LogP contribution >= 0.6 is 15.9 Å². The SMILES string of the molecule is Brc1ccnc(C2CCCNC2)c1. The van der Waals surface area contributed by atoms with E-state index in [4.69, 9.17) is 0 Å². The predicted octanol–water partition coefficient (Wildman–Crippen LogP) is 2.31. The second-order valence-electron chi connectivity index (χ2n) is 3.44. The van der Waals surface area contributed by atoms with Crippen molar-refractivity contribution in [3.63, 3.8) is 0 Å². The Kier molecular flexibility index (Phi) is 2.96. The molecule has 0 radical (unpaired) electrons. The first kappa shape index (κ1) is 9.16. The number of pyridine rings is 1. The molecule has 2 nitrogen and oxygen atoms in total. The van der Waals surface area contributed by atoms with E-state index in [9.17, 15) is 0 Å². The first-order chi connectivity index (χ1) is 6.36. The van der Waals surface area contributed by atoms with Gasteiger partial charge in [0, 0.05) is 28.8 Å². The minimum absolute atomic E-state index is 0.603. The summed E-state index contributed by atoms with van der Waals surface area (Å²) in [6.07, 6.45) is 4.39. The predicted molar refractivity (Wildman–Crippen MR) is 56.8 cm³/mol. The van der Waals surface area contributed by atoms with Crippen LogP contribution in [-0.2, 0) is 0 Å². The van der Waals surface area contributed by atoms with Crippen molar-refractivity contribution in [2.45, 2.75) is 18.8 Å². The normalized spacial score (nSPS) is 23.0. The second-order valence-corrected chi connectivity index (χ2v) is 4.36. The molecule has 0 aliphatic carbocycles. The van der Waals surface area contributed by atoms with E-state index in [0.717, 1.165) is 17.6 Å². The van der Waals surface area contributed by atoms with Gasteiger partial charge in [0.2, 0.25) is 0 Å². The van der Waals surface area contributed by atoms with Crippen molar-refractivity contribution < 1.29 is 0 Å². The fraction of sp³-hybridized carbons (Fsp3) is 0.500. The lowest BCUT2D eigenvalue weighted by atomic mass is 9.96. The monoisotopic (exact) mass is 240 g/mol. The maximum atomic E-state index is 4.39. The first-order valence-electron chi connectivity index (χ1n) is 4.68. The quantitative estimate of drug-likeness (QED) is 0.816. The zero-order valence-electron chi connectivity index (χ0n) is 7.46. The van der Waals surface area contributed by atoms with E-state index in [2.05, 4.69) is 32.3 Å². The van der Waals surface area contributed by atoms with Crippen LogP contribution in [0.2, 0.25) is 0 Å². The number of hydrogen-bond acceptors (Lipinski definition) is 2. The third kappa shape index (κ3) is 2.29. The number of hydrogen-bond donors (Lipinski definition) is 1. The summed E-state index contributed by atoms with van der Waals surface area (Å²) in [5, 5.41) is 3.40. The Morgan fingerprint density at radius 3 is 3.15 bits per heavy atom. The molecule has 1 aliphatic heterocycles. The Hall–Kier alpha value is -0.410. The van der Waals surface area contributed by atoms with Gasteiger partial charge in [0.25, 0.3) is 0 Å². The lowest BCUT2D eigenvalue weighted by Gasteiger charge is -2.22. The summed E-state index contributed by atoms with van der Waals surface area (Å²) >= 11 is 3.47. The summed E-state index contributed by atoms with van der Waals surface area (Å²) in [5.41, 5.74) is 1.21. The number of aromatic nitrogens is 1. The van der Waals surface area contributed by atoms with Gasteiger partial charge in [-0.3, -0.25) is 4.98 Å². The van der Waals surface area contributed by atoms with Crippen molar-refractivity contribution in [1.82, 2.24) is 10.3 Å². The third-order valence-corrected chi connectivity index (χ3v) is 2.95. The van der Waals surface area contributed by atoms with Gasteiger partial charge in [-0.05, 0) is 31.5 Å².